The highest BCUT2D eigenvalue weighted by Crippen LogP contribution is 1.80. The van der Waals surface area contributed by atoms with Crippen LogP contribution in [0.25, 0.3) is 0 Å². The largest absolute Gasteiger partial charge is 0.356 e. The van der Waals surface area contributed by atoms with Gasteiger partial charge in [0, 0.05) is 13.5 Å². The third-order valence-electron chi connectivity index (χ3n) is 1.46. The fourth-order valence-electron chi connectivity index (χ4n) is 0.645. The van der Waals surface area contributed by atoms with Crippen molar-refractivity contribution < 1.29 is 4.79 Å². The van der Waals surface area contributed by atoms with Crippen LogP contribution in [0.5, 0.6) is 0 Å². The number of nitrogens with one attached hydrogen (secondary N) is 1. The lowest BCUT2D eigenvalue weighted by atomic mass is 10.3. The molecule has 0 rings (SSSR count). The number of rotatable bonds is 5. The zero-order valence-corrected chi connectivity index (χ0v) is 9.23. The summed E-state index contributed by atoms with van der Waals surface area (Å²) in [7, 11) is 0. The van der Waals surface area contributed by atoms with Crippen molar-refractivity contribution in [1.82, 2.24) is 5.32 Å². The Kier molecular flexibility index (Phi) is 16.1. The molecule has 0 aromatic heterocycles. The summed E-state index contributed by atoms with van der Waals surface area (Å²) in [5.41, 5.74) is 5.14. The van der Waals surface area contributed by atoms with E-state index in [1.54, 1.807) is 0 Å². The number of amides is 1. The van der Waals surface area contributed by atoms with Crippen LogP contribution in [0.15, 0.2) is 0 Å². The zero-order valence-electron chi connectivity index (χ0n) is 9.23. The van der Waals surface area contributed by atoms with Crippen molar-refractivity contribution in [3.63, 3.8) is 0 Å². The van der Waals surface area contributed by atoms with Crippen molar-refractivity contribution in [1.29, 1.82) is 0 Å². The molecule has 0 unspecified atom stereocenters. The highest BCUT2D eigenvalue weighted by molar-refractivity contribution is 5.72. The van der Waals surface area contributed by atoms with Crippen LogP contribution < -0.4 is 11.1 Å². The van der Waals surface area contributed by atoms with E-state index in [-0.39, 0.29) is 5.91 Å². The molecule has 3 heteroatoms. The first-order valence-electron chi connectivity index (χ1n) is 5.13. The van der Waals surface area contributed by atoms with Crippen molar-refractivity contribution in [2.75, 3.05) is 13.1 Å². The molecule has 0 aromatic rings. The maximum atomic E-state index is 10.2. The minimum absolute atomic E-state index is 0.0680. The molecule has 0 aromatic carbocycles. The van der Waals surface area contributed by atoms with Crippen molar-refractivity contribution in [2.45, 2.75) is 46.5 Å². The fraction of sp³-hybridized carbons (Fsp3) is 0.900. The molecule has 0 bridgehead atoms. The van der Waals surface area contributed by atoms with Gasteiger partial charge in [-0.3, -0.25) is 4.79 Å². The van der Waals surface area contributed by atoms with E-state index in [9.17, 15) is 4.79 Å². The van der Waals surface area contributed by atoms with E-state index < -0.39 is 0 Å². The van der Waals surface area contributed by atoms with Gasteiger partial charge in [0.05, 0.1) is 0 Å². The summed E-state index contributed by atoms with van der Waals surface area (Å²) < 4.78 is 0. The Morgan fingerprint density at radius 3 is 2.00 bits per heavy atom. The molecule has 0 atom stereocenters. The van der Waals surface area contributed by atoms with E-state index in [4.69, 9.17) is 5.73 Å². The van der Waals surface area contributed by atoms with Crippen molar-refractivity contribution in [2.24, 2.45) is 5.73 Å². The number of carbonyl (C=O) groups excluding carboxylic acids is 1. The molecule has 0 saturated carbocycles. The van der Waals surface area contributed by atoms with Crippen LogP contribution in [-0.2, 0) is 4.79 Å². The van der Waals surface area contributed by atoms with Crippen LogP contribution in [0.3, 0.4) is 0 Å². The van der Waals surface area contributed by atoms with E-state index in [2.05, 4.69) is 19.2 Å². The lowest BCUT2D eigenvalue weighted by Gasteiger charge is -1.96. The first-order chi connectivity index (χ1) is 6.18. The topological polar surface area (TPSA) is 55.1 Å². The molecule has 0 heterocycles. The summed E-state index contributed by atoms with van der Waals surface area (Å²) >= 11 is 0. The summed E-state index contributed by atoms with van der Waals surface area (Å²) in [4.78, 5) is 10.2. The maximum Gasteiger partial charge on any atom is 0.216 e. The minimum Gasteiger partial charge on any atom is -0.356 e. The highest BCUT2D eigenvalue weighted by atomic mass is 16.1. The number of carbonyl (C=O) groups is 1. The second kappa shape index (κ2) is 14.0. The summed E-state index contributed by atoms with van der Waals surface area (Å²) in [6.07, 6.45) is 4.61. The van der Waals surface area contributed by atoms with E-state index >= 15 is 0 Å². The molecule has 13 heavy (non-hydrogen) atoms. The molecule has 0 saturated heterocycles. The monoisotopic (exact) mass is 188 g/mol. The molecule has 0 aliphatic carbocycles. The van der Waals surface area contributed by atoms with Crippen LogP contribution in [0.2, 0.25) is 0 Å². The second-order valence-corrected chi connectivity index (χ2v) is 2.98. The number of nitrogens with two attached hydrogens (primary N) is 1. The standard InChI is InChI=1S/C6H13NO.C4H11N/c1-3-4-5-7-6(2)8;1-2-3-4-5/h3-5H2,1-2H3,(H,7,8);2-5H2,1H3. The Morgan fingerprint density at radius 1 is 1.23 bits per heavy atom. The van der Waals surface area contributed by atoms with Crippen LogP contribution in [-0.4, -0.2) is 19.0 Å². The average Bonchev–Trinajstić information content (AvgIpc) is 2.07. The first kappa shape index (κ1) is 14.9. The van der Waals surface area contributed by atoms with Crippen molar-refractivity contribution in [3.05, 3.63) is 0 Å². The average molecular weight is 188 g/mol. The summed E-state index contributed by atoms with van der Waals surface area (Å²) in [5.74, 6) is 0.0680. The van der Waals surface area contributed by atoms with Gasteiger partial charge in [0.15, 0.2) is 0 Å². The van der Waals surface area contributed by atoms with E-state index in [1.165, 1.54) is 19.8 Å². The van der Waals surface area contributed by atoms with Gasteiger partial charge in [-0.1, -0.05) is 26.7 Å². The van der Waals surface area contributed by atoms with Gasteiger partial charge in [-0.05, 0) is 19.4 Å². The predicted molar refractivity (Wildman–Crippen MR) is 57.6 cm³/mol. The summed E-state index contributed by atoms with van der Waals surface area (Å²) in [6, 6.07) is 0. The van der Waals surface area contributed by atoms with Gasteiger partial charge >= 0.3 is 0 Å². The first-order valence-corrected chi connectivity index (χ1v) is 5.13. The predicted octanol–water partition coefficient (Wildman–Crippen LogP) is 1.67. The molecule has 0 spiro atoms. The van der Waals surface area contributed by atoms with Gasteiger partial charge in [0.25, 0.3) is 0 Å². The lowest BCUT2D eigenvalue weighted by Crippen LogP contribution is -2.20. The normalized spacial score (nSPS) is 8.62. The SMILES string of the molecule is CCCCN.CCCCNC(C)=O. The quantitative estimate of drug-likeness (QED) is 0.645. The van der Waals surface area contributed by atoms with Crippen LogP contribution in [0.4, 0.5) is 0 Å². The molecule has 1 amide bonds. The second-order valence-electron chi connectivity index (χ2n) is 2.98. The maximum absolute atomic E-state index is 10.2. The Hall–Kier alpha value is -0.570. The molecule has 3 nitrogen and oxygen atoms in total. The Labute approximate surface area is 82.1 Å². The van der Waals surface area contributed by atoms with Gasteiger partial charge in [0.2, 0.25) is 5.91 Å². The summed E-state index contributed by atoms with van der Waals surface area (Å²) in [6.45, 7) is 7.44. The van der Waals surface area contributed by atoms with E-state index in [0.29, 0.717) is 0 Å². The molecular formula is C10H24N2O. The molecule has 0 fully saturated rings. The Balaban J connectivity index is 0. The van der Waals surface area contributed by atoms with Crippen LogP contribution in [0.1, 0.15) is 46.5 Å². The molecule has 0 radical (unpaired) electrons. The Bertz CT molecular complexity index is 103. The van der Waals surface area contributed by atoms with E-state index in [0.717, 1.165) is 25.9 Å². The molecule has 3 N–H and O–H groups in total. The van der Waals surface area contributed by atoms with Gasteiger partial charge in [-0.15, -0.1) is 0 Å². The highest BCUT2D eigenvalue weighted by Gasteiger charge is 1.85. The van der Waals surface area contributed by atoms with Crippen LogP contribution in [0, 0.1) is 0 Å². The lowest BCUT2D eigenvalue weighted by molar-refractivity contribution is -0.118. The third-order valence-corrected chi connectivity index (χ3v) is 1.46. The van der Waals surface area contributed by atoms with Gasteiger partial charge in [-0.25, -0.2) is 0 Å². The van der Waals surface area contributed by atoms with Crippen molar-refractivity contribution >= 4 is 5.91 Å². The smallest absolute Gasteiger partial charge is 0.216 e. The van der Waals surface area contributed by atoms with Gasteiger partial charge < -0.3 is 11.1 Å². The fourth-order valence-corrected chi connectivity index (χ4v) is 0.645. The minimum atomic E-state index is 0.0680. The molecular weight excluding hydrogens is 164 g/mol. The van der Waals surface area contributed by atoms with Gasteiger partial charge in [0.1, 0.15) is 0 Å². The van der Waals surface area contributed by atoms with Gasteiger partial charge in [-0.2, -0.15) is 0 Å². The molecule has 0 aliphatic heterocycles. The van der Waals surface area contributed by atoms with Crippen molar-refractivity contribution in [3.8, 4) is 0 Å². The van der Waals surface area contributed by atoms with E-state index in [1.807, 2.05) is 0 Å². The molecule has 80 valence electrons. The number of hydrogen-bond donors (Lipinski definition) is 2. The third kappa shape index (κ3) is 24.6. The summed E-state index contributed by atoms with van der Waals surface area (Å²) in [5, 5.41) is 2.71. The molecule has 0 aliphatic rings. The Morgan fingerprint density at radius 2 is 1.77 bits per heavy atom. The zero-order chi connectivity index (χ0) is 10.5. The number of unbranched alkanes of at least 4 members (excludes halogenated alkanes) is 2. The number of hydrogen-bond acceptors (Lipinski definition) is 2. The van der Waals surface area contributed by atoms with Crippen LogP contribution >= 0.6 is 0 Å².